The van der Waals surface area contributed by atoms with Crippen LogP contribution in [0.25, 0.3) is 0 Å². The summed E-state index contributed by atoms with van der Waals surface area (Å²) in [5, 5.41) is 11.0. The van der Waals surface area contributed by atoms with Crippen LogP contribution in [0.2, 0.25) is 0 Å². The largest absolute Gasteiger partial charge is 0.444 e. The summed E-state index contributed by atoms with van der Waals surface area (Å²) in [6.45, 7) is 9.32. The minimum atomic E-state index is -0.512. The quantitative estimate of drug-likeness (QED) is 0.923. The molecular weight excluding hydrogens is 270 g/mol. The molecule has 0 radical (unpaired) electrons. The number of carbonyl (C=O) groups excluding carboxylic acids is 1. The highest BCUT2D eigenvalue weighted by molar-refractivity contribution is 5.68. The van der Waals surface area contributed by atoms with E-state index in [-0.39, 0.29) is 0 Å². The standard InChI is InChI=1S/C15H25N3O3/c1-14(2,3)21-13(19)16-15(4,5)9-11-17-18-12(20-11)10-7-6-8-10/h10H,6-9H2,1-5H3,(H,16,19). The fourth-order valence-electron chi connectivity index (χ4n) is 2.16. The fraction of sp³-hybridized carbons (Fsp3) is 0.800. The number of aromatic nitrogens is 2. The molecule has 1 aliphatic rings. The van der Waals surface area contributed by atoms with Gasteiger partial charge in [-0.05, 0) is 47.5 Å². The summed E-state index contributed by atoms with van der Waals surface area (Å²) in [6, 6.07) is 0. The second-order valence-corrected chi connectivity index (χ2v) is 7.35. The molecule has 1 saturated carbocycles. The van der Waals surface area contributed by atoms with Crippen LogP contribution in [-0.2, 0) is 11.2 Å². The Hall–Kier alpha value is -1.59. The summed E-state index contributed by atoms with van der Waals surface area (Å²) in [5.41, 5.74) is -1.02. The Kier molecular flexibility index (Phi) is 4.25. The maximum absolute atomic E-state index is 11.8. The van der Waals surface area contributed by atoms with Crippen LogP contribution in [0.5, 0.6) is 0 Å². The molecule has 6 heteroatoms. The molecule has 21 heavy (non-hydrogen) atoms. The van der Waals surface area contributed by atoms with Crippen molar-refractivity contribution in [3.63, 3.8) is 0 Å². The van der Waals surface area contributed by atoms with Gasteiger partial charge in [0, 0.05) is 17.9 Å². The van der Waals surface area contributed by atoms with Crippen molar-refractivity contribution in [2.24, 2.45) is 0 Å². The maximum Gasteiger partial charge on any atom is 0.408 e. The van der Waals surface area contributed by atoms with Gasteiger partial charge in [0.15, 0.2) is 0 Å². The van der Waals surface area contributed by atoms with E-state index < -0.39 is 17.2 Å². The van der Waals surface area contributed by atoms with Gasteiger partial charge in [-0.1, -0.05) is 6.42 Å². The van der Waals surface area contributed by atoms with E-state index in [4.69, 9.17) is 9.15 Å². The van der Waals surface area contributed by atoms with Crippen molar-refractivity contribution < 1.29 is 13.9 Å². The van der Waals surface area contributed by atoms with Gasteiger partial charge in [-0.3, -0.25) is 0 Å². The summed E-state index contributed by atoms with van der Waals surface area (Å²) < 4.78 is 11.0. The zero-order valence-corrected chi connectivity index (χ0v) is 13.5. The zero-order valence-electron chi connectivity index (χ0n) is 13.5. The molecule has 6 nitrogen and oxygen atoms in total. The Morgan fingerprint density at radius 3 is 2.48 bits per heavy atom. The Labute approximate surface area is 125 Å². The van der Waals surface area contributed by atoms with E-state index in [1.807, 2.05) is 34.6 Å². The van der Waals surface area contributed by atoms with Gasteiger partial charge in [0.1, 0.15) is 5.60 Å². The van der Waals surface area contributed by atoms with E-state index in [9.17, 15) is 4.79 Å². The number of nitrogens with zero attached hydrogens (tertiary/aromatic N) is 2. The lowest BCUT2D eigenvalue weighted by Crippen LogP contribution is -2.47. The Balaban J connectivity index is 1.90. The van der Waals surface area contributed by atoms with E-state index in [1.54, 1.807) is 0 Å². The third-order valence-electron chi connectivity index (χ3n) is 3.37. The molecule has 1 amide bonds. The summed E-state index contributed by atoms with van der Waals surface area (Å²) >= 11 is 0. The molecule has 0 saturated heterocycles. The van der Waals surface area contributed by atoms with E-state index in [1.165, 1.54) is 6.42 Å². The summed E-state index contributed by atoms with van der Waals surface area (Å²) in [7, 11) is 0. The van der Waals surface area contributed by atoms with E-state index in [2.05, 4.69) is 15.5 Å². The van der Waals surface area contributed by atoms with Crippen molar-refractivity contribution in [2.45, 2.75) is 77.4 Å². The third-order valence-corrected chi connectivity index (χ3v) is 3.37. The smallest absolute Gasteiger partial charge is 0.408 e. The van der Waals surface area contributed by atoms with Gasteiger partial charge in [0.05, 0.1) is 0 Å². The number of nitrogens with one attached hydrogen (secondary N) is 1. The first-order valence-corrected chi connectivity index (χ1v) is 7.48. The lowest BCUT2D eigenvalue weighted by molar-refractivity contribution is 0.0469. The molecular formula is C15H25N3O3. The minimum Gasteiger partial charge on any atom is -0.444 e. The molecule has 0 aliphatic heterocycles. The van der Waals surface area contributed by atoms with Crippen LogP contribution in [0.3, 0.4) is 0 Å². The number of hydrogen-bond acceptors (Lipinski definition) is 5. The predicted molar refractivity (Wildman–Crippen MR) is 78.0 cm³/mol. The lowest BCUT2D eigenvalue weighted by atomic mass is 9.85. The predicted octanol–water partition coefficient (Wildman–Crippen LogP) is 3.18. The highest BCUT2D eigenvalue weighted by atomic mass is 16.6. The molecule has 0 atom stereocenters. The summed E-state index contributed by atoms with van der Waals surface area (Å²) in [5.74, 6) is 1.70. The monoisotopic (exact) mass is 295 g/mol. The zero-order chi connectivity index (χ0) is 15.7. The number of ether oxygens (including phenoxy) is 1. The lowest BCUT2D eigenvalue weighted by Gasteiger charge is -2.27. The number of rotatable bonds is 4. The van der Waals surface area contributed by atoms with Crippen LogP contribution in [0.15, 0.2) is 4.42 Å². The highest BCUT2D eigenvalue weighted by Crippen LogP contribution is 2.35. The van der Waals surface area contributed by atoms with Gasteiger partial charge in [-0.25, -0.2) is 4.79 Å². The van der Waals surface area contributed by atoms with Crippen molar-refractivity contribution in [3.05, 3.63) is 11.8 Å². The van der Waals surface area contributed by atoms with Gasteiger partial charge in [0.2, 0.25) is 11.8 Å². The Morgan fingerprint density at radius 2 is 1.95 bits per heavy atom. The SMILES string of the molecule is CC(C)(Cc1nnc(C2CCC2)o1)NC(=O)OC(C)(C)C. The second-order valence-electron chi connectivity index (χ2n) is 7.35. The van der Waals surface area contributed by atoms with Crippen LogP contribution in [0.1, 0.15) is 71.6 Å². The summed E-state index contributed by atoms with van der Waals surface area (Å²) in [4.78, 5) is 11.8. The Bertz CT molecular complexity index is 499. The molecule has 1 fully saturated rings. The second kappa shape index (κ2) is 5.66. The van der Waals surface area contributed by atoms with Crippen LogP contribution >= 0.6 is 0 Å². The average Bonchev–Trinajstić information content (AvgIpc) is 2.57. The Morgan fingerprint density at radius 1 is 1.29 bits per heavy atom. The molecule has 0 aromatic carbocycles. The normalized spacial score (nSPS) is 16.4. The van der Waals surface area contributed by atoms with Gasteiger partial charge >= 0.3 is 6.09 Å². The topological polar surface area (TPSA) is 77.3 Å². The molecule has 0 spiro atoms. The van der Waals surface area contributed by atoms with Gasteiger partial charge in [-0.2, -0.15) is 0 Å². The van der Waals surface area contributed by atoms with Crippen molar-refractivity contribution in [3.8, 4) is 0 Å². The van der Waals surface area contributed by atoms with Crippen molar-refractivity contribution >= 4 is 6.09 Å². The molecule has 0 unspecified atom stereocenters. The molecule has 1 N–H and O–H groups in total. The minimum absolute atomic E-state index is 0.424. The molecule has 0 bridgehead atoms. The van der Waals surface area contributed by atoms with Crippen molar-refractivity contribution in [1.82, 2.24) is 15.5 Å². The molecule has 118 valence electrons. The molecule has 1 aromatic heterocycles. The van der Waals surface area contributed by atoms with E-state index in [0.717, 1.165) is 18.7 Å². The molecule has 1 heterocycles. The molecule has 2 rings (SSSR count). The number of carbonyl (C=O) groups is 1. The van der Waals surface area contributed by atoms with Gasteiger partial charge in [0.25, 0.3) is 0 Å². The number of amides is 1. The van der Waals surface area contributed by atoms with Gasteiger partial charge in [-0.15, -0.1) is 10.2 Å². The molecule has 1 aromatic rings. The third kappa shape index (κ3) is 4.72. The van der Waals surface area contributed by atoms with Gasteiger partial charge < -0.3 is 14.5 Å². The highest BCUT2D eigenvalue weighted by Gasteiger charge is 2.29. The fourth-order valence-corrected chi connectivity index (χ4v) is 2.16. The number of alkyl carbamates (subject to hydrolysis) is 1. The van der Waals surface area contributed by atoms with E-state index >= 15 is 0 Å². The van der Waals surface area contributed by atoms with Crippen LogP contribution in [0, 0.1) is 0 Å². The molecule has 1 aliphatic carbocycles. The first-order chi connectivity index (χ1) is 9.65. The first kappa shape index (κ1) is 15.8. The van der Waals surface area contributed by atoms with Crippen molar-refractivity contribution in [1.29, 1.82) is 0 Å². The number of hydrogen-bond donors (Lipinski definition) is 1. The van der Waals surface area contributed by atoms with Crippen LogP contribution < -0.4 is 5.32 Å². The van der Waals surface area contributed by atoms with Crippen molar-refractivity contribution in [2.75, 3.05) is 0 Å². The van der Waals surface area contributed by atoms with E-state index in [0.29, 0.717) is 18.2 Å². The van der Waals surface area contributed by atoms with Crippen LogP contribution in [0.4, 0.5) is 4.79 Å². The maximum atomic E-state index is 11.8. The first-order valence-electron chi connectivity index (χ1n) is 7.48. The van der Waals surface area contributed by atoms with Crippen LogP contribution in [-0.4, -0.2) is 27.4 Å². The summed E-state index contributed by atoms with van der Waals surface area (Å²) in [6.07, 6.45) is 3.52. The average molecular weight is 295 g/mol.